The minimum absolute atomic E-state index is 0.0108. The summed E-state index contributed by atoms with van der Waals surface area (Å²) in [5, 5.41) is 3.05. The second-order valence-electron chi connectivity index (χ2n) is 10.3. The molecule has 0 radical (unpaired) electrons. The van der Waals surface area contributed by atoms with Crippen LogP contribution in [0.25, 0.3) is 0 Å². The topological polar surface area (TPSA) is 81.7 Å². The van der Waals surface area contributed by atoms with Crippen molar-refractivity contribution in [3.8, 4) is 5.75 Å². The molecule has 0 aliphatic carbocycles. The van der Waals surface area contributed by atoms with E-state index in [2.05, 4.69) is 5.32 Å². The van der Waals surface area contributed by atoms with Crippen LogP contribution < -0.4 is 10.1 Å². The Bertz CT molecular complexity index is 1010. The highest BCUT2D eigenvalue weighted by Crippen LogP contribution is 2.41. The zero-order valence-corrected chi connectivity index (χ0v) is 23.2. The third-order valence-electron chi connectivity index (χ3n) is 5.92. The van der Waals surface area contributed by atoms with E-state index in [-0.39, 0.29) is 40.7 Å². The molecule has 1 unspecified atom stereocenters. The smallest absolute Gasteiger partial charge is 0.312 e. The Hall–Kier alpha value is -2.80. The van der Waals surface area contributed by atoms with Gasteiger partial charge in [0.2, 0.25) is 0 Å². The summed E-state index contributed by atoms with van der Waals surface area (Å²) in [4.78, 5) is 39.1. The molecule has 0 heterocycles. The molecule has 0 saturated carbocycles. The lowest BCUT2D eigenvalue weighted by molar-refractivity contribution is -0.155. The van der Waals surface area contributed by atoms with Crippen molar-refractivity contribution in [3.63, 3.8) is 0 Å². The maximum absolute atomic E-state index is 13.2. The fourth-order valence-corrected chi connectivity index (χ4v) is 5.03. The Morgan fingerprint density at radius 3 is 2.08 bits per heavy atom. The fraction of sp³-hybridized carbons (Fsp3) is 0.483. The van der Waals surface area contributed by atoms with Crippen LogP contribution in [0.2, 0.25) is 0 Å². The van der Waals surface area contributed by atoms with E-state index in [1.165, 1.54) is 11.8 Å². The van der Waals surface area contributed by atoms with Crippen molar-refractivity contribution in [2.24, 2.45) is 5.41 Å². The highest BCUT2D eigenvalue weighted by Gasteiger charge is 2.41. The van der Waals surface area contributed by atoms with Gasteiger partial charge < -0.3 is 14.8 Å². The summed E-state index contributed by atoms with van der Waals surface area (Å²) in [6.45, 7) is 11.7. The second-order valence-corrected chi connectivity index (χ2v) is 12.2. The van der Waals surface area contributed by atoms with Crippen LogP contribution in [0.5, 0.6) is 5.75 Å². The highest BCUT2D eigenvalue weighted by molar-refractivity contribution is 8.14. The van der Waals surface area contributed by atoms with Crippen molar-refractivity contribution in [2.45, 2.75) is 71.1 Å². The van der Waals surface area contributed by atoms with Crippen molar-refractivity contribution in [1.29, 1.82) is 0 Å². The lowest BCUT2D eigenvalue weighted by Gasteiger charge is -2.35. The number of ether oxygens (including phenoxy) is 2. The van der Waals surface area contributed by atoms with Crippen molar-refractivity contribution >= 4 is 28.8 Å². The van der Waals surface area contributed by atoms with Gasteiger partial charge in [0.15, 0.2) is 5.12 Å². The average Bonchev–Trinajstić information content (AvgIpc) is 2.81. The maximum Gasteiger partial charge on any atom is 0.312 e. The van der Waals surface area contributed by atoms with Crippen LogP contribution in [-0.2, 0) is 14.3 Å². The molecule has 1 amide bonds. The van der Waals surface area contributed by atoms with Crippen molar-refractivity contribution in [2.75, 3.05) is 13.7 Å². The summed E-state index contributed by atoms with van der Waals surface area (Å²) in [6, 6.07) is 16.1. The molecule has 0 aliphatic rings. The standard InChI is InChI=1S/C29H39NO5S/c1-8-35-27(33)29(5,6)24(20-12-10-9-11-13-20)18-22(19-25(31)36-28(2,3)4)30-26(32)21-14-16-23(34-7)17-15-21/h9-17,22,24H,8,18-19H2,1-7H3,(H,30,32)/t22-,24?/m1/s1. The Morgan fingerprint density at radius 2 is 1.56 bits per heavy atom. The minimum atomic E-state index is -0.874. The number of carbonyl (C=O) groups is 3. The van der Waals surface area contributed by atoms with E-state index >= 15 is 0 Å². The molecule has 2 aromatic rings. The molecule has 0 aliphatic heterocycles. The molecule has 36 heavy (non-hydrogen) atoms. The van der Waals surface area contributed by atoms with Gasteiger partial charge in [0.05, 0.1) is 19.1 Å². The Morgan fingerprint density at radius 1 is 0.944 bits per heavy atom. The van der Waals surface area contributed by atoms with Crippen LogP contribution in [0.3, 0.4) is 0 Å². The molecule has 0 aromatic heterocycles. The van der Waals surface area contributed by atoms with E-state index in [0.717, 1.165) is 5.56 Å². The maximum atomic E-state index is 13.2. The number of rotatable bonds is 11. The number of carbonyl (C=O) groups excluding carboxylic acids is 3. The summed E-state index contributed by atoms with van der Waals surface area (Å²) in [6.07, 6.45) is 0.542. The number of hydrogen-bond acceptors (Lipinski definition) is 6. The van der Waals surface area contributed by atoms with E-state index < -0.39 is 11.5 Å². The van der Waals surface area contributed by atoms with Gasteiger partial charge in [0.25, 0.3) is 5.91 Å². The molecular formula is C29H39NO5S. The van der Waals surface area contributed by atoms with Crippen LogP contribution in [0.1, 0.15) is 76.2 Å². The number of benzene rings is 2. The molecule has 1 N–H and O–H groups in total. The highest BCUT2D eigenvalue weighted by atomic mass is 32.2. The summed E-state index contributed by atoms with van der Waals surface area (Å²) >= 11 is 1.26. The Labute approximate surface area is 219 Å². The predicted molar refractivity (Wildman–Crippen MR) is 145 cm³/mol. The van der Waals surface area contributed by atoms with Crippen LogP contribution in [0.4, 0.5) is 0 Å². The third-order valence-corrected chi connectivity index (χ3v) is 6.92. The number of esters is 1. The molecule has 0 bridgehead atoms. The predicted octanol–water partition coefficient (Wildman–Crippen LogP) is 6.01. The number of thioether (sulfide) groups is 1. The van der Waals surface area contributed by atoms with Gasteiger partial charge in [-0.3, -0.25) is 14.4 Å². The zero-order chi connectivity index (χ0) is 26.9. The van der Waals surface area contributed by atoms with Gasteiger partial charge in [-0.1, -0.05) is 62.9 Å². The molecule has 0 saturated heterocycles. The first-order valence-electron chi connectivity index (χ1n) is 12.3. The van der Waals surface area contributed by atoms with Crippen LogP contribution >= 0.6 is 11.8 Å². The summed E-state index contributed by atoms with van der Waals surface area (Å²) < 4.78 is 10.3. The lowest BCUT2D eigenvalue weighted by atomic mass is 9.71. The van der Waals surface area contributed by atoms with Crippen LogP contribution in [0, 0.1) is 5.41 Å². The fourth-order valence-electron chi connectivity index (χ4n) is 4.07. The van der Waals surface area contributed by atoms with E-state index in [0.29, 0.717) is 17.7 Å². The molecule has 7 heteroatoms. The number of amides is 1. The molecule has 0 fully saturated rings. The van der Waals surface area contributed by atoms with E-state index in [4.69, 9.17) is 9.47 Å². The quantitative estimate of drug-likeness (QED) is 0.371. The average molecular weight is 514 g/mol. The molecule has 196 valence electrons. The van der Waals surface area contributed by atoms with E-state index in [1.807, 2.05) is 65.0 Å². The summed E-state index contributed by atoms with van der Waals surface area (Å²) in [5.74, 6) is -0.224. The number of nitrogens with one attached hydrogen (secondary N) is 1. The molecule has 0 spiro atoms. The summed E-state index contributed by atoms with van der Waals surface area (Å²) in [7, 11) is 1.57. The van der Waals surface area contributed by atoms with Crippen LogP contribution in [0.15, 0.2) is 54.6 Å². The van der Waals surface area contributed by atoms with Gasteiger partial charge in [-0.25, -0.2) is 0 Å². The van der Waals surface area contributed by atoms with Crippen molar-refractivity contribution < 1.29 is 23.9 Å². The first-order chi connectivity index (χ1) is 16.9. The molecule has 2 atom stereocenters. The first-order valence-corrected chi connectivity index (χ1v) is 13.1. The number of methoxy groups -OCH3 is 1. The normalized spacial score (nSPS) is 13.4. The van der Waals surface area contributed by atoms with E-state index in [1.54, 1.807) is 38.3 Å². The van der Waals surface area contributed by atoms with Crippen molar-refractivity contribution in [1.82, 2.24) is 5.32 Å². The third kappa shape index (κ3) is 8.70. The van der Waals surface area contributed by atoms with Gasteiger partial charge in [-0.15, -0.1) is 0 Å². The summed E-state index contributed by atoms with van der Waals surface area (Å²) in [5.41, 5.74) is 0.550. The van der Waals surface area contributed by atoms with Gasteiger partial charge in [0, 0.05) is 28.7 Å². The zero-order valence-electron chi connectivity index (χ0n) is 22.4. The van der Waals surface area contributed by atoms with Gasteiger partial charge in [0.1, 0.15) is 5.75 Å². The SMILES string of the molecule is CCOC(=O)C(C)(C)C(C[C@H](CC(=O)SC(C)(C)C)NC(=O)c1ccc(OC)cc1)c1ccccc1. The van der Waals surface area contributed by atoms with E-state index in [9.17, 15) is 14.4 Å². The van der Waals surface area contributed by atoms with Crippen molar-refractivity contribution in [3.05, 3.63) is 65.7 Å². The molecule has 2 aromatic carbocycles. The van der Waals surface area contributed by atoms with Gasteiger partial charge in [-0.2, -0.15) is 0 Å². The van der Waals surface area contributed by atoms with Gasteiger partial charge in [-0.05, 0) is 57.0 Å². The molecular weight excluding hydrogens is 474 g/mol. The molecule has 6 nitrogen and oxygen atoms in total. The second kappa shape index (κ2) is 12.9. The molecule has 2 rings (SSSR count). The monoisotopic (exact) mass is 513 g/mol. The first kappa shape index (κ1) is 29.4. The minimum Gasteiger partial charge on any atom is -0.497 e. The lowest BCUT2D eigenvalue weighted by Crippen LogP contribution is -2.41. The van der Waals surface area contributed by atoms with Crippen LogP contribution in [-0.4, -0.2) is 41.5 Å². The largest absolute Gasteiger partial charge is 0.497 e. The Balaban J connectivity index is 2.39. The Kier molecular flexibility index (Phi) is 10.6. The van der Waals surface area contributed by atoms with Gasteiger partial charge >= 0.3 is 5.97 Å². The number of hydrogen-bond donors (Lipinski definition) is 1.